The van der Waals surface area contributed by atoms with Crippen LogP contribution in [-0.4, -0.2) is 99.3 Å². The summed E-state index contributed by atoms with van der Waals surface area (Å²) in [5.74, 6) is -2.22. The highest BCUT2D eigenvalue weighted by Gasteiger charge is 2.52. The number of allylic oxidation sites excluding steroid dienone is 4. The molecule has 3 rings (SSSR count). The van der Waals surface area contributed by atoms with E-state index in [0.717, 1.165) is 38.5 Å². The molecule has 2 fully saturated rings. The van der Waals surface area contributed by atoms with E-state index in [4.69, 9.17) is 18.9 Å². The smallest absolute Gasteiger partial charge is 0.330 e. The number of aliphatic hydroxyl groups is 5. The number of esters is 1. The molecule has 3 aliphatic heterocycles. The maximum atomic E-state index is 13.6. The Hall–Kier alpha value is -1.63. The van der Waals surface area contributed by atoms with Gasteiger partial charge in [0.1, 0.15) is 6.10 Å². The fourth-order valence-electron chi connectivity index (χ4n) is 8.75. The van der Waals surface area contributed by atoms with Gasteiger partial charge >= 0.3 is 5.97 Å². The Balaban J connectivity index is 1.93. The van der Waals surface area contributed by atoms with Crippen LogP contribution >= 0.6 is 0 Å². The van der Waals surface area contributed by atoms with Crippen LogP contribution in [0.15, 0.2) is 36.5 Å². The summed E-state index contributed by atoms with van der Waals surface area (Å²) >= 11 is 0. The molecular weight excluding hydrogens is 700 g/mol. The van der Waals surface area contributed by atoms with Crippen molar-refractivity contribution >= 4 is 5.97 Å². The number of hydrogen-bond acceptors (Lipinski definition) is 10. The molecule has 0 aromatic carbocycles. The summed E-state index contributed by atoms with van der Waals surface area (Å²) in [6.07, 6.45) is 15.5. The molecule has 16 atom stereocenters. The molecule has 318 valence electrons. The van der Waals surface area contributed by atoms with Crippen molar-refractivity contribution < 1.29 is 49.3 Å². The molecular formula is C45H78O10. The summed E-state index contributed by atoms with van der Waals surface area (Å²) < 4.78 is 25.8. The molecule has 2 bridgehead atoms. The minimum atomic E-state index is -0.953. The third kappa shape index (κ3) is 14.6. The molecule has 10 heteroatoms. The van der Waals surface area contributed by atoms with Crippen LogP contribution in [0.4, 0.5) is 0 Å². The van der Waals surface area contributed by atoms with Gasteiger partial charge in [-0.2, -0.15) is 0 Å². The molecule has 0 aromatic heterocycles. The first-order valence-electron chi connectivity index (χ1n) is 21.7. The van der Waals surface area contributed by atoms with Gasteiger partial charge in [-0.1, -0.05) is 85.3 Å². The molecule has 3 heterocycles. The van der Waals surface area contributed by atoms with Gasteiger partial charge in [-0.3, -0.25) is 0 Å². The van der Waals surface area contributed by atoms with E-state index in [1.54, 1.807) is 13.0 Å². The number of hydrogen-bond donors (Lipinski definition) is 5. The predicted octanol–water partition coefficient (Wildman–Crippen LogP) is 7.19. The minimum Gasteiger partial charge on any atom is -0.459 e. The first-order valence-corrected chi connectivity index (χ1v) is 21.7. The van der Waals surface area contributed by atoms with Gasteiger partial charge in [0.15, 0.2) is 5.79 Å². The fourth-order valence-corrected chi connectivity index (χ4v) is 8.75. The monoisotopic (exact) mass is 779 g/mol. The molecule has 0 amide bonds. The van der Waals surface area contributed by atoms with Crippen LogP contribution < -0.4 is 0 Å². The van der Waals surface area contributed by atoms with E-state index < -0.39 is 66.3 Å². The zero-order valence-corrected chi connectivity index (χ0v) is 35.3. The van der Waals surface area contributed by atoms with Crippen molar-refractivity contribution in [3.63, 3.8) is 0 Å². The Bertz CT molecular complexity index is 1190. The third-order valence-corrected chi connectivity index (χ3v) is 13.1. The maximum absolute atomic E-state index is 13.6. The second-order valence-corrected chi connectivity index (χ2v) is 17.3. The second kappa shape index (κ2) is 23.7. The third-order valence-electron chi connectivity index (χ3n) is 13.1. The standard InChI is InChI=1S/C45H78O10/c1-9-16-36-40-21-20-33(10-2)17-14-12-13-15-18-37(47)31(6)38(48)26-35(52-8)27-39(49)32(7)44(51)30(5)19-22-43(50)53-42(36)28-45(54-40)24-23-29(4)41(55-45)25-34(46)11-3/h12-14,17,19,22,29-42,44,46-49,51H,9-11,15-16,18,20-21,23-28H2,1-8H3/t29-,30-,31+,32-,33-,34+,35+,36+,37+,38-,39+,40-,41-,42-,44+,45-/m0/s1. The molecule has 2 saturated heterocycles. The van der Waals surface area contributed by atoms with Crippen LogP contribution in [0.3, 0.4) is 0 Å². The highest BCUT2D eigenvalue weighted by atomic mass is 16.7. The van der Waals surface area contributed by atoms with E-state index in [9.17, 15) is 30.3 Å². The number of carbonyl (C=O) groups excluding carboxylic acids is 1. The van der Waals surface area contributed by atoms with Gasteiger partial charge in [0.05, 0.1) is 48.8 Å². The van der Waals surface area contributed by atoms with Crippen LogP contribution in [-0.2, 0) is 23.7 Å². The molecule has 1 spiro atoms. The van der Waals surface area contributed by atoms with Crippen LogP contribution in [0.25, 0.3) is 0 Å². The summed E-state index contributed by atoms with van der Waals surface area (Å²) in [6.45, 7) is 13.9. The Morgan fingerprint density at radius 1 is 0.873 bits per heavy atom. The van der Waals surface area contributed by atoms with Crippen LogP contribution in [0.1, 0.15) is 138 Å². The van der Waals surface area contributed by atoms with Crippen LogP contribution in [0.2, 0.25) is 0 Å². The lowest BCUT2D eigenvalue weighted by Gasteiger charge is -2.52. The Morgan fingerprint density at radius 2 is 1.58 bits per heavy atom. The predicted molar refractivity (Wildman–Crippen MR) is 216 cm³/mol. The first-order chi connectivity index (χ1) is 26.2. The molecule has 0 unspecified atom stereocenters. The molecule has 0 saturated carbocycles. The number of methoxy groups -OCH3 is 1. The number of ether oxygens (including phenoxy) is 4. The van der Waals surface area contributed by atoms with Crippen molar-refractivity contribution in [1.82, 2.24) is 0 Å². The van der Waals surface area contributed by atoms with Crippen molar-refractivity contribution in [1.29, 1.82) is 0 Å². The van der Waals surface area contributed by atoms with Gasteiger partial charge in [0, 0.05) is 49.7 Å². The Kier molecular flexibility index (Phi) is 20.6. The Morgan fingerprint density at radius 3 is 2.24 bits per heavy atom. The normalized spacial score (nSPS) is 41.5. The molecule has 0 aromatic rings. The number of carbonyl (C=O) groups is 1. The van der Waals surface area contributed by atoms with E-state index >= 15 is 0 Å². The molecule has 5 N–H and O–H groups in total. The van der Waals surface area contributed by atoms with Crippen LogP contribution in [0, 0.1) is 35.5 Å². The van der Waals surface area contributed by atoms with E-state index in [1.165, 1.54) is 13.2 Å². The summed E-state index contributed by atoms with van der Waals surface area (Å²) in [5.41, 5.74) is 0. The number of aliphatic hydroxyl groups excluding tert-OH is 5. The van der Waals surface area contributed by atoms with Crippen LogP contribution in [0.5, 0.6) is 0 Å². The van der Waals surface area contributed by atoms with Crippen molar-refractivity contribution in [3.05, 3.63) is 36.5 Å². The highest BCUT2D eigenvalue weighted by molar-refractivity contribution is 5.82. The lowest BCUT2D eigenvalue weighted by atomic mass is 9.78. The molecule has 3 aliphatic rings. The van der Waals surface area contributed by atoms with Crippen molar-refractivity contribution in [2.75, 3.05) is 7.11 Å². The zero-order valence-electron chi connectivity index (χ0n) is 35.3. The summed E-state index contributed by atoms with van der Waals surface area (Å²) in [4.78, 5) is 13.6. The van der Waals surface area contributed by atoms with Gasteiger partial charge in [0.2, 0.25) is 0 Å². The van der Waals surface area contributed by atoms with E-state index in [-0.39, 0.29) is 42.8 Å². The van der Waals surface area contributed by atoms with Gasteiger partial charge in [-0.15, -0.1) is 0 Å². The average Bonchev–Trinajstić information content (AvgIpc) is 3.17. The van der Waals surface area contributed by atoms with Crippen molar-refractivity contribution in [3.8, 4) is 0 Å². The molecule has 10 nitrogen and oxygen atoms in total. The van der Waals surface area contributed by atoms with Gasteiger partial charge in [0.25, 0.3) is 0 Å². The zero-order chi connectivity index (χ0) is 40.7. The van der Waals surface area contributed by atoms with Crippen molar-refractivity contribution in [2.24, 2.45) is 35.5 Å². The van der Waals surface area contributed by atoms with E-state index in [0.29, 0.717) is 44.4 Å². The van der Waals surface area contributed by atoms with E-state index in [2.05, 4.69) is 32.9 Å². The Labute approximate surface area is 332 Å². The highest BCUT2D eigenvalue weighted by Crippen LogP contribution is 2.47. The lowest BCUT2D eigenvalue weighted by molar-refractivity contribution is -0.349. The second-order valence-electron chi connectivity index (χ2n) is 17.3. The summed E-state index contributed by atoms with van der Waals surface area (Å²) in [5, 5.41) is 54.8. The molecule has 55 heavy (non-hydrogen) atoms. The van der Waals surface area contributed by atoms with Gasteiger partial charge < -0.3 is 44.5 Å². The molecule has 0 radical (unpaired) electrons. The van der Waals surface area contributed by atoms with E-state index in [1.807, 2.05) is 32.9 Å². The lowest BCUT2D eigenvalue weighted by Crippen LogP contribution is -2.58. The SMILES string of the molecule is CCC[C@H]1[C@@H]2C[C@@]3(CC[C@H](C)[C@H](C[C@H](O)CC)O3)O[C@H]1CC[C@@H](CC)C=CC=CCC[C@@H](O)[C@@H](C)[C@@H](O)C[C@@H](OC)C[C@@H](O)[C@H](C)[C@H](O)[C@@H](C)C=CC(=O)O2. The number of rotatable bonds is 7. The van der Waals surface area contributed by atoms with Gasteiger partial charge in [-0.05, 0) is 82.5 Å². The topological polar surface area (TPSA) is 155 Å². The molecule has 0 aliphatic carbocycles. The number of fused-ring (bicyclic) bond motifs is 2. The summed E-state index contributed by atoms with van der Waals surface area (Å²) in [7, 11) is 1.54. The minimum absolute atomic E-state index is 0.0187. The quantitative estimate of drug-likeness (QED) is 0.168. The average molecular weight is 779 g/mol. The summed E-state index contributed by atoms with van der Waals surface area (Å²) in [6, 6.07) is 0. The largest absolute Gasteiger partial charge is 0.459 e. The fraction of sp³-hybridized carbons (Fsp3) is 0.844. The van der Waals surface area contributed by atoms with Crippen molar-refractivity contribution in [2.45, 2.75) is 199 Å². The maximum Gasteiger partial charge on any atom is 0.330 e. The van der Waals surface area contributed by atoms with Gasteiger partial charge in [-0.25, -0.2) is 4.79 Å². The first kappa shape index (κ1) is 47.7.